The maximum absolute atomic E-state index is 6.02. The van der Waals surface area contributed by atoms with Crippen LogP contribution in [0, 0.1) is 0 Å². The van der Waals surface area contributed by atoms with Crippen LogP contribution in [0.25, 0.3) is 11.0 Å². The van der Waals surface area contributed by atoms with Crippen molar-refractivity contribution in [2.45, 2.75) is 19.5 Å². The van der Waals surface area contributed by atoms with Gasteiger partial charge in [-0.3, -0.25) is 9.88 Å². The minimum atomic E-state index is -0.340. The SMILES string of the molecule is CCCOc1ccc(Br)cc1[C@H]1N=C(N)Nc2nc3ccccc3n21. The van der Waals surface area contributed by atoms with Crippen molar-refractivity contribution in [3.05, 3.63) is 52.5 Å². The Hall–Kier alpha value is -2.54. The third-order valence-corrected chi connectivity index (χ3v) is 4.55. The van der Waals surface area contributed by atoms with Crippen LogP contribution in [0.4, 0.5) is 5.95 Å². The lowest BCUT2D eigenvalue weighted by Gasteiger charge is -2.25. The van der Waals surface area contributed by atoms with Crippen molar-refractivity contribution in [3.63, 3.8) is 0 Å². The first-order chi connectivity index (χ1) is 12.2. The third kappa shape index (κ3) is 2.84. The number of nitrogens with zero attached hydrogens (tertiary/aromatic N) is 3. The summed E-state index contributed by atoms with van der Waals surface area (Å²) in [5.74, 6) is 1.83. The minimum Gasteiger partial charge on any atom is -0.493 e. The smallest absolute Gasteiger partial charge is 0.212 e. The summed E-state index contributed by atoms with van der Waals surface area (Å²) in [6, 6.07) is 13.9. The van der Waals surface area contributed by atoms with Gasteiger partial charge in [-0.25, -0.2) is 9.98 Å². The van der Waals surface area contributed by atoms with Gasteiger partial charge in [0.05, 0.1) is 17.6 Å². The second-order valence-corrected chi connectivity index (χ2v) is 6.75. The van der Waals surface area contributed by atoms with Crippen molar-refractivity contribution in [1.29, 1.82) is 0 Å². The normalized spacial score (nSPS) is 16.2. The van der Waals surface area contributed by atoms with Gasteiger partial charge in [0.2, 0.25) is 5.95 Å². The van der Waals surface area contributed by atoms with Gasteiger partial charge in [-0.15, -0.1) is 0 Å². The average molecular weight is 400 g/mol. The van der Waals surface area contributed by atoms with Gasteiger partial charge in [0.25, 0.3) is 0 Å². The summed E-state index contributed by atoms with van der Waals surface area (Å²) >= 11 is 3.55. The van der Waals surface area contributed by atoms with E-state index in [0.717, 1.165) is 33.2 Å². The van der Waals surface area contributed by atoms with Crippen molar-refractivity contribution >= 4 is 38.9 Å². The van der Waals surface area contributed by atoms with E-state index in [9.17, 15) is 0 Å². The number of guanidine groups is 1. The predicted molar refractivity (Wildman–Crippen MR) is 103 cm³/mol. The van der Waals surface area contributed by atoms with Crippen LogP contribution in [0.15, 0.2) is 51.9 Å². The molecular weight excluding hydrogens is 382 g/mol. The van der Waals surface area contributed by atoms with Gasteiger partial charge in [-0.05, 0) is 36.8 Å². The number of benzene rings is 2. The molecule has 3 aromatic rings. The van der Waals surface area contributed by atoms with E-state index in [4.69, 9.17) is 10.5 Å². The summed E-state index contributed by atoms with van der Waals surface area (Å²) in [4.78, 5) is 9.26. The molecule has 0 amide bonds. The van der Waals surface area contributed by atoms with Gasteiger partial charge in [-0.2, -0.15) is 0 Å². The largest absolute Gasteiger partial charge is 0.493 e. The van der Waals surface area contributed by atoms with E-state index in [1.54, 1.807) is 0 Å². The van der Waals surface area contributed by atoms with E-state index < -0.39 is 0 Å². The number of nitrogens with one attached hydrogen (secondary N) is 1. The molecule has 1 aromatic heterocycles. The van der Waals surface area contributed by atoms with Crippen molar-refractivity contribution in [2.24, 2.45) is 10.7 Å². The van der Waals surface area contributed by atoms with Crippen LogP contribution in [0.2, 0.25) is 0 Å². The van der Waals surface area contributed by atoms with E-state index in [0.29, 0.717) is 18.5 Å². The Balaban J connectivity index is 1.91. The molecule has 0 spiro atoms. The van der Waals surface area contributed by atoms with E-state index >= 15 is 0 Å². The second kappa shape index (κ2) is 6.40. The molecule has 1 aliphatic heterocycles. The van der Waals surface area contributed by atoms with Crippen LogP contribution in [0.3, 0.4) is 0 Å². The van der Waals surface area contributed by atoms with Gasteiger partial charge in [0.1, 0.15) is 5.75 Å². The number of nitrogens with two attached hydrogens (primary N) is 1. The molecule has 1 atom stereocenters. The van der Waals surface area contributed by atoms with E-state index in [-0.39, 0.29) is 6.17 Å². The number of para-hydroxylation sites is 2. The number of imidazole rings is 1. The number of anilines is 1. The topological polar surface area (TPSA) is 77.5 Å². The quantitative estimate of drug-likeness (QED) is 0.697. The van der Waals surface area contributed by atoms with Gasteiger partial charge >= 0.3 is 0 Å². The highest BCUT2D eigenvalue weighted by atomic mass is 79.9. The number of ether oxygens (including phenoxy) is 1. The predicted octanol–water partition coefficient (Wildman–Crippen LogP) is 3.87. The molecule has 2 heterocycles. The van der Waals surface area contributed by atoms with Crippen LogP contribution < -0.4 is 15.8 Å². The Morgan fingerprint density at radius 3 is 2.96 bits per heavy atom. The summed E-state index contributed by atoms with van der Waals surface area (Å²) in [6.07, 6.45) is 0.597. The average Bonchev–Trinajstić information content (AvgIpc) is 2.98. The molecule has 128 valence electrons. The number of halogens is 1. The second-order valence-electron chi connectivity index (χ2n) is 5.84. The lowest BCUT2D eigenvalue weighted by Crippen LogP contribution is -2.31. The van der Waals surface area contributed by atoms with Gasteiger partial charge in [0, 0.05) is 10.0 Å². The molecule has 0 bridgehead atoms. The Labute approximate surface area is 153 Å². The van der Waals surface area contributed by atoms with Crippen LogP contribution in [-0.2, 0) is 0 Å². The number of aromatic nitrogens is 2. The number of aliphatic imine (C=N–C) groups is 1. The fourth-order valence-electron chi connectivity index (χ4n) is 2.99. The maximum Gasteiger partial charge on any atom is 0.212 e. The van der Waals surface area contributed by atoms with Gasteiger partial charge < -0.3 is 10.5 Å². The van der Waals surface area contributed by atoms with E-state index in [1.165, 1.54) is 0 Å². The molecule has 7 heteroatoms. The summed E-state index contributed by atoms with van der Waals surface area (Å²) in [5.41, 5.74) is 8.85. The Bertz CT molecular complexity index is 965. The minimum absolute atomic E-state index is 0.340. The van der Waals surface area contributed by atoms with Crippen LogP contribution >= 0.6 is 15.9 Å². The first-order valence-electron chi connectivity index (χ1n) is 8.17. The standard InChI is InChI=1S/C18H18BrN5O/c1-2-9-25-15-8-7-11(19)10-12(15)16-22-17(20)23-18-21-13-5-3-4-6-14(13)24(16)18/h3-8,10,16H,2,9H2,1H3,(H3,20,21,22,23)/t16-/m0/s1. The fourth-order valence-corrected chi connectivity index (χ4v) is 3.37. The molecule has 0 fully saturated rings. The zero-order valence-electron chi connectivity index (χ0n) is 13.7. The summed E-state index contributed by atoms with van der Waals surface area (Å²) in [7, 11) is 0. The lowest BCUT2D eigenvalue weighted by atomic mass is 10.1. The van der Waals surface area contributed by atoms with Crippen molar-refractivity contribution in [1.82, 2.24) is 9.55 Å². The van der Waals surface area contributed by atoms with Gasteiger partial charge in [-0.1, -0.05) is 35.0 Å². The first-order valence-corrected chi connectivity index (χ1v) is 8.96. The fraction of sp³-hybridized carbons (Fsp3) is 0.222. The van der Waals surface area contributed by atoms with Crippen LogP contribution in [-0.4, -0.2) is 22.1 Å². The lowest BCUT2D eigenvalue weighted by molar-refractivity contribution is 0.311. The number of rotatable bonds is 4. The highest BCUT2D eigenvalue weighted by Gasteiger charge is 2.27. The molecular formula is C18H18BrN5O. The number of hydrogen-bond donors (Lipinski definition) is 2. The summed E-state index contributed by atoms with van der Waals surface area (Å²) in [6.45, 7) is 2.73. The Kier molecular flexibility index (Phi) is 4.09. The van der Waals surface area contributed by atoms with Crippen molar-refractivity contribution < 1.29 is 4.74 Å². The van der Waals surface area contributed by atoms with Crippen molar-refractivity contribution in [3.8, 4) is 5.75 Å². The molecule has 3 N–H and O–H groups in total. The molecule has 25 heavy (non-hydrogen) atoms. The number of fused-ring (bicyclic) bond motifs is 3. The zero-order valence-corrected chi connectivity index (χ0v) is 15.3. The molecule has 0 radical (unpaired) electrons. The molecule has 0 aliphatic carbocycles. The molecule has 4 rings (SSSR count). The van der Waals surface area contributed by atoms with Crippen LogP contribution in [0.5, 0.6) is 5.75 Å². The Morgan fingerprint density at radius 1 is 1.28 bits per heavy atom. The summed E-state index contributed by atoms with van der Waals surface area (Å²) < 4.78 is 8.96. The molecule has 6 nitrogen and oxygen atoms in total. The van der Waals surface area contributed by atoms with Crippen LogP contribution in [0.1, 0.15) is 25.1 Å². The van der Waals surface area contributed by atoms with Crippen molar-refractivity contribution in [2.75, 3.05) is 11.9 Å². The summed E-state index contributed by atoms with van der Waals surface area (Å²) in [5, 5.41) is 3.05. The highest BCUT2D eigenvalue weighted by molar-refractivity contribution is 9.10. The third-order valence-electron chi connectivity index (χ3n) is 4.05. The highest BCUT2D eigenvalue weighted by Crippen LogP contribution is 2.37. The first kappa shape index (κ1) is 16.0. The van der Waals surface area contributed by atoms with Gasteiger partial charge in [0.15, 0.2) is 12.1 Å². The molecule has 1 aliphatic rings. The van der Waals surface area contributed by atoms with E-state index in [1.807, 2.05) is 47.0 Å². The molecule has 0 unspecified atom stereocenters. The zero-order chi connectivity index (χ0) is 17.4. The molecule has 2 aromatic carbocycles. The van der Waals surface area contributed by atoms with E-state index in [2.05, 4.69) is 38.1 Å². The Morgan fingerprint density at radius 2 is 2.12 bits per heavy atom. The number of hydrogen-bond acceptors (Lipinski definition) is 5. The molecule has 0 saturated carbocycles. The monoisotopic (exact) mass is 399 g/mol. The maximum atomic E-state index is 6.02. The molecule has 0 saturated heterocycles.